The van der Waals surface area contributed by atoms with E-state index in [1.165, 1.54) is 99.5 Å². The fraction of sp³-hybridized carbons (Fsp3) is 0.705. The molecule has 0 bridgehead atoms. The highest BCUT2D eigenvalue weighted by Gasteiger charge is 2.46. The summed E-state index contributed by atoms with van der Waals surface area (Å²) in [7, 11) is 10.1. The third-order valence-corrected chi connectivity index (χ3v) is 20.0. The van der Waals surface area contributed by atoms with E-state index in [2.05, 4.69) is 74.7 Å². The summed E-state index contributed by atoms with van der Waals surface area (Å²) in [6.45, 7) is 35.8. The molecule has 1 heterocycles. The number of benzene rings is 2. The second-order valence-corrected chi connectivity index (χ2v) is 31.5. The fourth-order valence-corrected chi connectivity index (χ4v) is 13.3. The minimum Gasteiger partial charge on any atom is -0.390 e. The van der Waals surface area contributed by atoms with E-state index in [1.54, 1.807) is 41.5 Å². The van der Waals surface area contributed by atoms with E-state index in [1.807, 2.05) is 69.2 Å². The average molecular weight is 1430 g/mol. The Kier molecular flexibility index (Phi) is 35.3. The molecule has 0 aromatic heterocycles. The Bertz CT molecular complexity index is 3070. The van der Waals surface area contributed by atoms with Crippen molar-refractivity contribution >= 4 is 65.0 Å². The Hall–Kier alpha value is -7.47. The van der Waals surface area contributed by atoms with Crippen molar-refractivity contribution in [3.63, 3.8) is 0 Å². The Morgan fingerprint density at radius 2 is 0.804 bits per heavy atom. The molecule has 1 aliphatic rings. The van der Waals surface area contributed by atoms with Gasteiger partial charge in [0.25, 0.3) is 0 Å². The summed E-state index contributed by atoms with van der Waals surface area (Å²) in [5, 5.41) is 24.0. The highest BCUT2D eigenvalue weighted by Crippen LogP contribution is 2.27. The lowest BCUT2D eigenvalue weighted by Crippen LogP contribution is -2.64. The first-order valence-electron chi connectivity index (χ1n) is 37.0. The predicted molar refractivity (Wildman–Crippen MR) is 399 cm³/mol. The molecule has 0 spiro atoms. The van der Waals surface area contributed by atoms with Crippen molar-refractivity contribution in [1.29, 1.82) is 0 Å². The molecule has 11 amide bonds. The van der Waals surface area contributed by atoms with Crippen molar-refractivity contribution in [2.24, 2.45) is 41.4 Å². The van der Waals surface area contributed by atoms with Gasteiger partial charge >= 0.3 is 0 Å². The third kappa shape index (κ3) is 24.9. The van der Waals surface area contributed by atoms with Gasteiger partial charge in [-0.2, -0.15) is 0 Å². The number of rotatable bonds is 21. The molecular weight excluding hydrogens is 1300 g/mol. The molecule has 0 aliphatic carbocycles. The van der Waals surface area contributed by atoms with Crippen LogP contribution in [0.5, 0.6) is 0 Å². The van der Waals surface area contributed by atoms with Gasteiger partial charge in [0.1, 0.15) is 66.5 Å². The molecule has 0 radical (unpaired) electrons. The van der Waals surface area contributed by atoms with Gasteiger partial charge < -0.3 is 60.7 Å². The van der Waals surface area contributed by atoms with E-state index in [4.69, 9.17) is 0 Å². The maximum absolute atomic E-state index is 15.7. The molecule has 24 heteroatoms. The zero-order valence-corrected chi connectivity index (χ0v) is 66.7. The van der Waals surface area contributed by atoms with Crippen LogP contribution in [0.4, 0.5) is 0 Å². The number of nitrogens with one attached hydrogen (secondary N) is 4. The van der Waals surface area contributed by atoms with Crippen molar-refractivity contribution in [1.82, 2.24) is 60.5 Å². The highest BCUT2D eigenvalue weighted by atomic mass is 16.3. The van der Waals surface area contributed by atoms with Gasteiger partial charge in [-0.3, -0.25) is 57.6 Å². The van der Waals surface area contributed by atoms with Crippen molar-refractivity contribution in [2.45, 2.75) is 262 Å². The molecule has 0 unspecified atom stereocenters. The second-order valence-electron chi connectivity index (χ2n) is 31.5. The summed E-state index contributed by atoms with van der Waals surface area (Å²) in [5.41, 5.74) is 4.53. The van der Waals surface area contributed by atoms with Crippen molar-refractivity contribution in [3.8, 4) is 0 Å². The van der Waals surface area contributed by atoms with Crippen molar-refractivity contribution in [2.75, 3.05) is 55.9 Å². The molecule has 2 aromatic rings. The van der Waals surface area contributed by atoms with Gasteiger partial charge in [-0.05, 0) is 139 Å². The zero-order valence-electron chi connectivity index (χ0n) is 66.7. The quantitative estimate of drug-likeness (QED) is 0.0862. The van der Waals surface area contributed by atoms with E-state index in [0.717, 1.165) is 27.2 Å². The van der Waals surface area contributed by atoms with E-state index in [-0.39, 0.29) is 55.8 Å². The van der Waals surface area contributed by atoms with Crippen LogP contribution in [0.25, 0.3) is 0 Å². The van der Waals surface area contributed by atoms with E-state index in [9.17, 15) is 38.7 Å². The molecule has 2 aromatic carbocycles. The molecule has 1 aliphatic heterocycles. The van der Waals surface area contributed by atoms with Crippen LogP contribution < -0.4 is 21.3 Å². The SMILES string of the molecule is CC[C@@H]1NC(=O)[C@H]([C@H](O)[C@H](C)CCCN(Cc2ccc(C)cc2)Cc2ccc(C)cc2)N(C)C(=O)[C@H](C(C)C)N(C)C(=O)[C@H](CC(C)C)N(C)C(=O)[C@H](CC(C)C)N(C)C(=O)[C@@H](C)NC(=O)[C@H](C)NC(=O)[C@H](CC(C)C)N(C)C(=O)[C@H](C(C)C)NC(=O)[C@H](CC(C)C)N(C)C(=O)[C@@H](C)N(C)C1=O. The van der Waals surface area contributed by atoms with Crippen molar-refractivity contribution in [3.05, 3.63) is 70.8 Å². The first-order valence-corrected chi connectivity index (χ1v) is 37.0. The predicted octanol–water partition coefficient (Wildman–Crippen LogP) is 6.79. The lowest BCUT2D eigenvalue weighted by atomic mass is 9.90. The van der Waals surface area contributed by atoms with Gasteiger partial charge in [0.15, 0.2) is 0 Å². The van der Waals surface area contributed by atoms with E-state index >= 15 is 19.2 Å². The number of aliphatic hydroxyl groups is 1. The Morgan fingerprint density at radius 1 is 0.412 bits per heavy atom. The summed E-state index contributed by atoms with van der Waals surface area (Å²) in [6, 6.07) is 2.90. The van der Waals surface area contributed by atoms with Crippen LogP contribution >= 0.6 is 0 Å². The van der Waals surface area contributed by atoms with Gasteiger partial charge in [-0.1, -0.05) is 157 Å². The molecule has 574 valence electrons. The number of aryl methyl sites for hydroxylation is 2. The summed E-state index contributed by atoms with van der Waals surface area (Å²) >= 11 is 0. The monoisotopic (exact) mass is 1430 g/mol. The Balaban J connectivity index is 2.33. The first-order chi connectivity index (χ1) is 47.4. The summed E-state index contributed by atoms with van der Waals surface area (Å²) in [4.78, 5) is 175. The van der Waals surface area contributed by atoms with Crippen LogP contribution in [0.15, 0.2) is 48.5 Å². The van der Waals surface area contributed by atoms with Gasteiger partial charge in [-0.15, -0.1) is 0 Å². The second kappa shape index (κ2) is 40.5. The molecule has 0 saturated carbocycles. The minimum atomic E-state index is -1.66. The molecule has 24 nitrogen and oxygen atoms in total. The van der Waals surface area contributed by atoms with Crippen LogP contribution in [-0.2, 0) is 65.8 Å². The molecule has 1 saturated heterocycles. The van der Waals surface area contributed by atoms with Gasteiger partial charge in [-0.25, -0.2) is 0 Å². The zero-order chi connectivity index (χ0) is 77.8. The highest BCUT2D eigenvalue weighted by molar-refractivity contribution is 6.00. The maximum Gasteiger partial charge on any atom is 0.246 e. The van der Waals surface area contributed by atoms with Crippen LogP contribution in [-0.4, -0.2) is 238 Å². The lowest BCUT2D eigenvalue weighted by Gasteiger charge is -2.41. The van der Waals surface area contributed by atoms with Gasteiger partial charge in [0, 0.05) is 62.4 Å². The standard InChI is InChI=1S/C78H130N12O12/c1-27-59-74(98)83(20)56(19)73(97)84(21)61(40-46(4)5)70(94)82-64(49(10)11)77(101)85(22)60(39-45(2)3)69(93)79-54(17)68(92)80-55(18)72(96)86(23)62(41-47(6)7)75(99)87(24)63(42-48(8)9)76(100)88(25)65(50(12)13)78(102)89(26)66(71(95)81-59)67(91)53(16)29-28-38-90(43-57-34-30-51(14)31-35-57)44-58-36-32-52(15)33-37-58/h30-37,45-50,53-56,59-67,91H,27-29,38-44H2,1-26H3,(H,79,93)(H,80,92)(H,81,95)(H,82,94)/t53-,54+,55-,56-,59+,60+,61+,62+,63+,64+,65+,66+,67-/m1/s1. The number of amides is 11. The van der Waals surface area contributed by atoms with Crippen LogP contribution in [0.3, 0.4) is 0 Å². The number of hydrogen-bond donors (Lipinski definition) is 5. The van der Waals surface area contributed by atoms with Crippen LogP contribution in [0.2, 0.25) is 0 Å². The number of nitrogens with zero attached hydrogens (tertiary/aromatic N) is 8. The third-order valence-electron chi connectivity index (χ3n) is 20.0. The number of hydrogen-bond acceptors (Lipinski definition) is 13. The first kappa shape index (κ1) is 88.7. The van der Waals surface area contributed by atoms with E-state index in [0.29, 0.717) is 32.5 Å². The largest absolute Gasteiger partial charge is 0.390 e. The molecular formula is C78H130N12O12. The topological polar surface area (TPSA) is 282 Å². The molecule has 102 heavy (non-hydrogen) atoms. The van der Waals surface area contributed by atoms with E-state index < -0.39 is 155 Å². The summed E-state index contributed by atoms with van der Waals surface area (Å²) in [6.07, 6.45) is -0.00942. The number of aliphatic hydroxyl groups excluding tert-OH is 1. The summed E-state index contributed by atoms with van der Waals surface area (Å²) < 4.78 is 0. The Morgan fingerprint density at radius 3 is 1.24 bits per heavy atom. The van der Waals surface area contributed by atoms with Crippen LogP contribution in [0.1, 0.15) is 185 Å². The normalized spacial score (nSPS) is 25.1. The number of likely N-dealkylation sites (N-methyl/N-ethyl adjacent to an activating group) is 7. The smallest absolute Gasteiger partial charge is 0.246 e. The van der Waals surface area contributed by atoms with Gasteiger partial charge in [0.2, 0.25) is 65.0 Å². The Labute approximate surface area is 610 Å². The van der Waals surface area contributed by atoms with Crippen molar-refractivity contribution < 1.29 is 57.8 Å². The van der Waals surface area contributed by atoms with Gasteiger partial charge in [0.05, 0.1) is 6.10 Å². The average Bonchev–Trinajstić information content (AvgIpc) is 0.799. The summed E-state index contributed by atoms with van der Waals surface area (Å²) in [5.74, 6) is -9.88. The molecule has 13 atom stereocenters. The number of carbonyl (C=O) groups is 11. The molecule has 5 N–H and O–H groups in total. The minimum absolute atomic E-state index is 0.000994. The molecule has 1 fully saturated rings. The lowest BCUT2D eigenvalue weighted by molar-refractivity contribution is -0.157. The maximum atomic E-state index is 15.7. The molecule has 3 rings (SSSR count). The number of carbonyl (C=O) groups excluding carboxylic acids is 11. The van der Waals surface area contributed by atoms with Crippen LogP contribution in [0, 0.1) is 55.3 Å². The fourth-order valence-electron chi connectivity index (χ4n) is 13.3.